The third-order valence-corrected chi connectivity index (χ3v) is 8.37. The molecule has 0 radical (unpaired) electrons. The fourth-order valence-electron chi connectivity index (χ4n) is 6.50. The van der Waals surface area contributed by atoms with Gasteiger partial charge in [-0.05, 0) is 108 Å². The molecule has 1 aliphatic heterocycles. The van der Waals surface area contributed by atoms with Gasteiger partial charge in [0.2, 0.25) is 0 Å². The minimum absolute atomic E-state index is 0.0351. The van der Waals surface area contributed by atoms with Crippen LogP contribution in [0.25, 0.3) is 11.2 Å². The zero-order valence-electron chi connectivity index (χ0n) is 33.3. The Bertz CT molecular complexity index is 1630. The van der Waals surface area contributed by atoms with Gasteiger partial charge in [0.15, 0.2) is 22.8 Å². The monoisotopic (exact) mass is 764 g/mol. The van der Waals surface area contributed by atoms with Crippen molar-refractivity contribution < 1.29 is 57.4 Å². The van der Waals surface area contributed by atoms with Gasteiger partial charge < -0.3 is 48.1 Å². The van der Waals surface area contributed by atoms with Crippen molar-refractivity contribution in [3.8, 4) is 0 Å². The number of imide groups is 1. The Morgan fingerprint density at radius 3 is 2.07 bits per heavy atom. The third-order valence-electron chi connectivity index (χ3n) is 8.37. The Kier molecular flexibility index (Phi) is 12.9. The highest BCUT2D eigenvalue weighted by atomic mass is 16.8. The number of hydrogen-bond acceptors (Lipinski definition) is 14. The quantitative estimate of drug-likeness (QED) is 0.195. The molecule has 3 heterocycles. The zero-order chi connectivity index (χ0) is 40.4. The predicted molar refractivity (Wildman–Crippen MR) is 193 cm³/mol. The molecule has 0 spiro atoms. The number of nitrogens with one attached hydrogen (secondary N) is 1. The van der Waals surface area contributed by atoms with Crippen LogP contribution in [0.4, 0.5) is 20.2 Å². The molecule has 2 fully saturated rings. The molecule has 0 bridgehead atoms. The largest absolute Gasteiger partial charge is 0.480 e. The number of carboxylic acids is 1. The predicted octanol–water partition coefficient (Wildman–Crippen LogP) is 5.72. The van der Waals surface area contributed by atoms with Crippen LogP contribution < -0.4 is 10.2 Å². The van der Waals surface area contributed by atoms with Crippen molar-refractivity contribution >= 4 is 41.2 Å². The van der Waals surface area contributed by atoms with Crippen LogP contribution in [-0.4, -0.2) is 110 Å². The third kappa shape index (κ3) is 11.2. The number of methoxy groups -OCH3 is 1. The number of alkyl carbamates (subject to hydrolysis) is 1. The number of ether oxygens (including phenoxy) is 7. The first-order valence-electron chi connectivity index (χ1n) is 18.0. The van der Waals surface area contributed by atoms with Crippen molar-refractivity contribution in [3.63, 3.8) is 0 Å². The zero-order valence-corrected chi connectivity index (χ0v) is 33.3. The Morgan fingerprint density at radius 1 is 0.926 bits per heavy atom. The lowest BCUT2D eigenvalue weighted by Crippen LogP contribution is -2.44. The molecule has 6 atom stereocenters. The molecule has 0 unspecified atom stereocenters. The first-order valence-corrected chi connectivity index (χ1v) is 18.0. The van der Waals surface area contributed by atoms with Crippen molar-refractivity contribution in [1.82, 2.24) is 24.8 Å². The van der Waals surface area contributed by atoms with E-state index in [2.05, 4.69) is 20.3 Å². The van der Waals surface area contributed by atoms with Gasteiger partial charge in [-0.3, -0.25) is 0 Å². The smallest absolute Gasteiger partial charge is 0.425 e. The molecule has 18 nitrogen and oxygen atoms in total. The van der Waals surface area contributed by atoms with Gasteiger partial charge in [-0.25, -0.2) is 34.1 Å². The lowest BCUT2D eigenvalue weighted by Gasteiger charge is -2.28. The summed E-state index contributed by atoms with van der Waals surface area (Å²) in [6, 6.07) is -1.58. The molecule has 2 N–H and O–H groups in total. The summed E-state index contributed by atoms with van der Waals surface area (Å²) < 4.78 is 42.3. The van der Waals surface area contributed by atoms with Crippen molar-refractivity contribution in [2.24, 2.45) is 5.92 Å². The number of rotatable bonds is 12. The molecule has 2 aromatic heterocycles. The number of nitrogens with zero attached hydrogens (tertiary/aromatic N) is 5. The second kappa shape index (κ2) is 16.3. The molecule has 2 aromatic rings. The molecule has 1 saturated carbocycles. The number of carbonyl (C=O) groups is 4. The second-order valence-electron chi connectivity index (χ2n) is 17.0. The lowest BCUT2D eigenvalue weighted by molar-refractivity contribution is -0.163. The highest BCUT2D eigenvalue weighted by Crippen LogP contribution is 2.49. The number of carbonyl (C=O) groups excluding carboxylic acids is 3. The number of amides is 3. The van der Waals surface area contributed by atoms with Gasteiger partial charge in [-0.2, -0.15) is 4.90 Å². The number of fused-ring (bicyclic) bond motifs is 2. The number of carboxylic acid groups (broad SMARTS) is 1. The van der Waals surface area contributed by atoms with Gasteiger partial charge in [-0.15, -0.1) is 0 Å². The Hall–Kier alpha value is -4.13. The van der Waals surface area contributed by atoms with E-state index in [9.17, 15) is 24.3 Å². The Balaban J connectivity index is 1.63. The van der Waals surface area contributed by atoms with E-state index in [1.54, 1.807) is 68.6 Å². The molecule has 302 valence electrons. The summed E-state index contributed by atoms with van der Waals surface area (Å²) in [5.74, 6) is -2.39. The average molecular weight is 765 g/mol. The number of hydrogen-bond donors (Lipinski definition) is 2. The van der Waals surface area contributed by atoms with Crippen LogP contribution in [0.2, 0.25) is 0 Å². The minimum Gasteiger partial charge on any atom is -0.480 e. The van der Waals surface area contributed by atoms with Gasteiger partial charge >= 0.3 is 24.2 Å². The Labute approximate surface area is 315 Å². The number of aliphatic carboxylic acids is 1. The van der Waals surface area contributed by atoms with E-state index in [-0.39, 0.29) is 42.9 Å². The first-order chi connectivity index (χ1) is 24.9. The normalized spacial score (nSPS) is 22.3. The maximum atomic E-state index is 13.5. The molecular formula is C36H56N6O12. The maximum Gasteiger partial charge on any atom is 0.425 e. The minimum atomic E-state index is -1.21. The van der Waals surface area contributed by atoms with Crippen LogP contribution in [0.1, 0.15) is 108 Å². The number of imidazole rings is 1. The molecule has 3 amide bonds. The van der Waals surface area contributed by atoms with Gasteiger partial charge in [0.1, 0.15) is 42.1 Å². The molecule has 1 aliphatic carbocycles. The maximum absolute atomic E-state index is 13.5. The topological polar surface area (TPSA) is 212 Å². The van der Waals surface area contributed by atoms with Gasteiger partial charge in [0.25, 0.3) is 0 Å². The van der Waals surface area contributed by atoms with Gasteiger partial charge in [-0.1, -0.05) is 0 Å². The van der Waals surface area contributed by atoms with Crippen LogP contribution in [0.15, 0.2) is 12.7 Å². The fraction of sp³-hybridized carbons (Fsp3) is 0.750. The van der Waals surface area contributed by atoms with Crippen molar-refractivity contribution in [1.29, 1.82) is 0 Å². The van der Waals surface area contributed by atoms with Gasteiger partial charge in [0.05, 0.1) is 24.6 Å². The molecule has 0 aromatic carbocycles. The summed E-state index contributed by atoms with van der Waals surface area (Å²) >= 11 is 0. The van der Waals surface area contributed by atoms with E-state index in [1.807, 2.05) is 18.4 Å². The summed E-state index contributed by atoms with van der Waals surface area (Å²) in [4.78, 5) is 65.5. The van der Waals surface area contributed by atoms with Crippen LogP contribution in [0.5, 0.6) is 0 Å². The van der Waals surface area contributed by atoms with E-state index < -0.39 is 71.2 Å². The number of aromatic nitrogens is 4. The van der Waals surface area contributed by atoms with Crippen molar-refractivity contribution in [2.75, 3.05) is 18.8 Å². The fourth-order valence-corrected chi connectivity index (χ4v) is 6.50. The van der Waals surface area contributed by atoms with Crippen LogP contribution in [0.3, 0.4) is 0 Å². The SMILES string of the molecule is COCO[C@@H](CC[C@H](NC(=O)OC(C)(C)C)C(=O)O)C[C@H]1C[C@@H](n2cnc3c(N(C(=O)OC(C)(C)C)C(=O)OC(C)(C)C)ncnc32)[C@@H]2OC(C)(C)O[C@H]12. The van der Waals surface area contributed by atoms with E-state index in [0.29, 0.717) is 18.5 Å². The lowest BCUT2D eigenvalue weighted by atomic mass is 9.94. The van der Waals surface area contributed by atoms with E-state index in [1.165, 1.54) is 13.4 Å². The standard InChI is InChI=1S/C36H56N6O12/c1-33(2,3)52-30(45)40-22(29(43)44)14-13-21(49-19-48-12)15-20-16-23(26-25(20)50-36(10,11)51-26)41-18-39-24-27(41)37-17-38-28(24)42(31(46)53-34(4,5)6)32(47)54-35(7,8)9/h17-18,20-23,25-26H,13-16,19H2,1-12H3,(H,40,45)(H,43,44)/t20-,21-,22-,23+,25+,26-/m0/s1. The van der Waals surface area contributed by atoms with E-state index >= 15 is 0 Å². The van der Waals surface area contributed by atoms with Crippen molar-refractivity contribution in [2.45, 2.75) is 155 Å². The summed E-state index contributed by atoms with van der Waals surface area (Å²) in [5.41, 5.74) is -2.17. The highest BCUT2D eigenvalue weighted by Gasteiger charge is 2.55. The summed E-state index contributed by atoms with van der Waals surface area (Å²) in [5, 5.41) is 12.3. The van der Waals surface area contributed by atoms with Crippen LogP contribution in [-0.2, 0) is 38.0 Å². The van der Waals surface area contributed by atoms with Crippen molar-refractivity contribution in [3.05, 3.63) is 12.7 Å². The van der Waals surface area contributed by atoms with Crippen LogP contribution in [0, 0.1) is 5.92 Å². The average Bonchev–Trinajstić information content (AvgIpc) is 3.66. The Morgan fingerprint density at radius 2 is 1.52 bits per heavy atom. The van der Waals surface area contributed by atoms with E-state index in [0.717, 1.165) is 4.90 Å². The van der Waals surface area contributed by atoms with E-state index in [4.69, 9.17) is 33.2 Å². The molecule has 18 heteroatoms. The molecule has 1 saturated heterocycles. The molecular weight excluding hydrogens is 708 g/mol. The molecule has 2 aliphatic rings. The highest BCUT2D eigenvalue weighted by molar-refractivity contribution is 6.12. The summed E-state index contributed by atoms with van der Waals surface area (Å²) in [6.07, 6.45) is -0.0601. The summed E-state index contributed by atoms with van der Waals surface area (Å²) in [6.45, 7) is 18.7. The number of anilines is 1. The first kappa shape index (κ1) is 42.6. The van der Waals surface area contributed by atoms with Crippen LogP contribution >= 0.6 is 0 Å². The molecule has 4 rings (SSSR count). The second-order valence-corrected chi connectivity index (χ2v) is 17.0. The molecule has 54 heavy (non-hydrogen) atoms. The van der Waals surface area contributed by atoms with Gasteiger partial charge in [0, 0.05) is 7.11 Å². The summed E-state index contributed by atoms with van der Waals surface area (Å²) in [7, 11) is 1.49.